The average Bonchev–Trinajstić information content (AvgIpc) is 2.50. The molecule has 1 rings (SSSR count). The number of ether oxygens (including phenoxy) is 2. The number of rotatable bonds is 9. The van der Waals surface area contributed by atoms with E-state index in [9.17, 15) is 4.79 Å². The van der Waals surface area contributed by atoms with Gasteiger partial charge in [0.05, 0.1) is 25.5 Å². The fraction of sp³-hybridized carbons (Fsp3) is 0.500. The van der Waals surface area contributed by atoms with Crippen molar-refractivity contribution in [2.24, 2.45) is 0 Å². The first-order chi connectivity index (χ1) is 10.1. The van der Waals surface area contributed by atoms with Gasteiger partial charge in [-0.15, -0.1) is 0 Å². The summed E-state index contributed by atoms with van der Waals surface area (Å²) in [7, 11) is 3.01. The number of hydrogen-bond acceptors (Lipinski definition) is 6. The van der Waals surface area contributed by atoms with Crippen LogP contribution in [0.2, 0.25) is 0 Å². The molecule has 0 fully saturated rings. The van der Waals surface area contributed by atoms with E-state index in [-0.39, 0.29) is 12.5 Å². The maximum Gasteiger partial charge on any atom is 0.253 e. The number of aliphatic hydroxyl groups excluding tert-OH is 1. The molecule has 1 amide bonds. The molecule has 1 aromatic rings. The third-order valence-corrected chi connectivity index (χ3v) is 3.86. The van der Waals surface area contributed by atoms with Crippen molar-refractivity contribution in [1.29, 1.82) is 0 Å². The lowest BCUT2D eigenvalue weighted by Gasteiger charge is -2.12. The summed E-state index contributed by atoms with van der Waals surface area (Å²) in [6.07, 6.45) is 0.763. The van der Waals surface area contributed by atoms with Crippen LogP contribution in [0.25, 0.3) is 0 Å². The van der Waals surface area contributed by atoms with Gasteiger partial charge < -0.3 is 25.6 Å². The second kappa shape index (κ2) is 9.36. The van der Waals surface area contributed by atoms with E-state index in [0.29, 0.717) is 29.3 Å². The average molecular weight is 314 g/mol. The number of thioether (sulfide) groups is 1. The molecule has 0 saturated heterocycles. The number of hydrogen-bond donors (Lipinski definition) is 3. The highest BCUT2D eigenvalue weighted by Crippen LogP contribution is 2.30. The van der Waals surface area contributed by atoms with E-state index in [0.717, 1.165) is 17.9 Å². The SMILES string of the molecule is COc1cc(OC)c(N)c(C(=O)NCCSCCCO)c1. The Morgan fingerprint density at radius 2 is 2.10 bits per heavy atom. The van der Waals surface area contributed by atoms with Crippen molar-refractivity contribution in [2.45, 2.75) is 6.42 Å². The molecule has 6 nitrogen and oxygen atoms in total. The number of anilines is 1. The second-order valence-corrected chi connectivity index (χ2v) is 5.46. The summed E-state index contributed by atoms with van der Waals surface area (Å²) in [4.78, 5) is 12.1. The third-order valence-electron chi connectivity index (χ3n) is 2.79. The molecule has 7 heteroatoms. The number of carbonyl (C=O) groups is 1. The highest BCUT2D eigenvalue weighted by atomic mass is 32.2. The van der Waals surface area contributed by atoms with Gasteiger partial charge >= 0.3 is 0 Å². The van der Waals surface area contributed by atoms with E-state index in [1.165, 1.54) is 14.2 Å². The first-order valence-corrected chi connectivity index (χ1v) is 7.77. The predicted molar refractivity (Wildman–Crippen MR) is 85.3 cm³/mol. The number of carbonyl (C=O) groups excluding carboxylic acids is 1. The van der Waals surface area contributed by atoms with E-state index in [1.54, 1.807) is 23.9 Å². The lowest BCUT2D eigenvalue weighted by molar-refractivity contribution is 0.0956. The van der Waals surface area contributed by atoms with Crippen molar-refractivity contribution < 1.29 is 19.4 Å². The Hall–Kier alpha value is -1.60. The number of methoxy groups -OCH3 is 2. The number of aliphatic hydroxyl groups is 1. The monoisotopic (exact) mass is 314 g/mol. The first kappa shape index (κ1) is 17.5. The number of amides is 1. The van der Waals surface area contributed by atoms with Crippen molar-refractivity contribution in [3.8, 4) is 11.5 Å². The number of benzene rings is 1. The molecule has 0 heterocycles. The smallest absolute Gasteiger partial charge is 0.253 e. The van der Waals surface area contributed by atoms with Crippen LogP contribution < -0.4 is 20.5 Å². The molecular weight excluding hydrogens is 292 g/mol. The van der Waals surface area contributed by atoms with E-state index in [4.69, 9.17) is 20.3 Å². The van der Waals surface area contributed by atoms with Gasteiger partial charge in [0.25, 0.3) is 5.91 Å². The van der Waals surface area contributed by atoms with Crippen molar-refractivity contribution in [1.82, 2.24) is 5.32 Å². The van der Waals surface area contributed by atoms with Crippen LogP contribution in [0.5, 0.6) is 11.5 Å². The molecule has 0 spiro atoms. The van der Waals surface area contributed by atoms with Crippen LogP contribution in [0.3, 0.4) is 0 Å². The summed E-state index contributed by atoms with van der Waals surface area (Å²) in [5.41, 5.74) is 6.55. The quantitative estimate of drug-likeness (QED) is 0.467. The molecule has 1 aromatic carbocycles. The molecule has 4 N–H and O–H groups in total. The van der Waals surface area contributed by atoms with Crippen LogP contribution in [0, 0.1) is 0 Å². The molecule has 0 atom stereocenters. The topological polar surface area (TPSA) is 93.8 Å². The normalized spacial score (nSPS) is 10.2. The summed E-state index contributed by atoms with van der Waals surface area (Å²) < 4.78 is 10.3. The molecule has 0 aliphatic heterocycles. The number of nitrogens with one attached hydrogen (secondary N) is 1. The minimum absolute atomic E-state index is 0.194. The summed E-state index contributed by atoms with van der Waals surface area (Å²) >= 11 is 1.68. The zero-order chi connectivity index (χ0) is 15.7. The Kier molecular flexibility index (Phi) is 7.78. The Labute approximate surface area is 129 Å². The minimum atomic E-state index is -0.257. The van der Waals surface area contributed by atoms with E-state index >= 15 is 0 Å². The Morgan fingerprint density at radius 1 is 1.33 bits per heavy atom. The molecule has 0 aromatic heterocycles. The van der Waals surface area contributed by atoms with Gasteiger partial charge in [0.1, 0.15) is 11.5 Å². The Morgan fingerprint density at radius 3 is 2.71 bits per heavy atom. The lowest BCUT2D eigenvalue weighted by Crippen LogP contribution is -2.26. The Balaban J connectivity index is 2.61. The van der Waals surface area contributed by atoms with Crippen LogP contribution in [-0.4, -0.2) is 49.9 Å². The summed E-state index contributed by atoms with van der Waals surface area (Å²) in [6.45, 7) is 0.730. The second-order valence-electron chi connectivity index (χ2n) is 4.24. The van der Waals surface area contributed by atoms with Crippen LogP contribution in [-0.2, 0) is 0 Å². The lowest BCUT2D eigenvalue weighted by atomic mass is 10.1. The van der Waals surface area contributed by atoms with E-state index in [2.05, 4.69) is 5.32 Å². The summed E-state index contributed by atoms with van der Waals surface area (Å²) in [5.74, 6) is 2.33. The molecular formula is C14H22N2O4S. The van der Waals surface area contributed by atoms with Crippen molar-refractivity contribution in [3.63, 3.8) is 0 Å². The van der Waals surface area contributed by atoms with Crippen molar-refractivity contribution in [2.75, 3.05) is 44.6 Å². The van der Waals surface area contributed by atoms with E-state index in [1.807, 2.05) is 0 Å². The maximum atomic E-state index is 12.1. The third kappa shape index (κ3) is 5.35. The van der Waals surface area contributed by atoms with Crippen molar-refractivity contribution >= 4 is 23.4 Å². The van der Waals surface area contributed by atoms with E-state index < -0.39 is 0 Å². The van der Waals surface area contributed by atoms with Crippen LogP contribution in [0.1, 0.15) is 16.8 Å². The highest BCUT2D eigenvalue weighted by molar-refractivity contribution is 7.99. The van der Waals surface area contributed by atoms with Gasteiger partial charge in [-0.05, 0) is 18.2 Å². The van der Waals surface area contributed by atoms with Gasteiger partial charge in [-0.2, -0.15) is 11.8 Å². The zero-order valence-corrected chi connectivity index (χ0v) is 13.2. The highest BCUT2D eigenvalue weighted by Gasteiger charge is 2.15. The zero-order valence-electron chi connectivity index (χ0n) is 12.3. The van der Waals surface area contributed by atoms with Gasteiger partial charge in [0, 0.05) is 25.0 Å². The number of nitrogen functional groups attached to an aromatic ring is 1. The van der Waals surface area contributed by atoms with Crippen LogP contribution in [0.15, 0.2) is 12.1 Å². The predicted octanol–water partition coefficient (Wildman–Crippen LogP) is 1.13. The summed E-state index contributed by atoms with van der Waals surface area (Å²) in [5, 5.41) is 11.5. The molecule has 0 radical (unpaired) electrons. The Bertz CT molecular complexity index is 469. The van der Waals surface area contributed by atoms with Crippen LogP contribution in [0.4, 0.5) is 5.69 Å². The van der Waals surface area contributed by atoms with Gasteiger partial charge in [0.15, 0.2) is 0 Å². The van der Waals surface area contributed by atoms with Gasteiger partial charge in [-0.3, -0.25) is 4.79 Å². The molecule has 0 aliphatic carbocycles. The van der Waals surface area contributed by atoms with Gasteiger partial charge in [-0.1, -0.05) is 0 Å². The largest absolute Gasteiger partial charge is 0.497 e. The molecule has 0 aliphatic rings. The molecule has 21 heavy (non-hydrogen) atoms. The fourth-order valence-corrected chi connectivity index (χ4v) is 2.46. The number of nitrogens with two attached hydrogens (primary N) is 1. The standard InChI is InChI=1S/C14H22N2O4S/c1-19-10-8-11(13(15)12(9-10)20-2)14(18)16-4-7-21-6-3-5-17/h8-9,17H,3-7,15H2,1-2H3,(H,16,18). The summed E-state index contributed by atoms with van der Waals surface area (Å²) in [6, 6.07) is 3.23. The molecule has 0 bridgehead atoms. The fourth-order valence-electron chi connectivity index (χ4n) is 1.68. The van der Waals surface area contributed by atoms with Crippen molar-refractivity contribution in [3.05, 3.63) is 17.7 Å². The molecule has 118 valence electrons. The maximum absolute atomic E-state index is 12.1. The minimum Gasteiger partial charge on any atom is -0.497 e. The van der Waals surface area contributed by atoms with Gasteiger partial charge in [0.2, 0.25) is 0 Å². The van der Waals surface area contributed by atoms with Gasteiger partial charge in [-0.25, -0.2) is 0 Å². The molecule has 0 saturated carbocycles. The van der Waals surface area contributed by atoms with Crippen LogP contribution >= 0.6 is 11.8 Å². The molecule has 0 unspecified atom stereocenters. The first-order valence-electron chi connectivity index (χ1n) is 6.62.